The summed E-state index contributed by atoms with van der Waals surface area (Å²) >= 11 is 0. The van der Waals surface area contributed by atoms with Gasteiger partial charge in [0, 0.05) is 11.6 Å². The highest BCUT2D eigenvalue weighted by atomic mass is 16.5. The van der Waals surface area contributed by atoms with Crippen LogP contribution in [0.5, 0.6) is 0 Å². The van der Waals surface area contributed by atoms with Crippen molar-refractivity contribution >= 4 is 11.9 Å². The lowest BCUT2D eigenvalue weighted by Gasteiger charge is -2.08. The molecule has 0 N–H and O–H groups in total. The summed E-state index contributed by atoms with van der Waals surface area (Å²) in [7, 11) is 0. The Morgan fingerprint density at radius 1 is 0.629 bits per heavy atom. The third kappa shape index (κ3) is 8.74. The highest BCUT2D eigenvalue weighted by Gasteiger charge is 2.04. The first kappa shape index (κ1) is 25.7. The highest BCUT2D eigenvalue weighted by Crippen LogP contribution is 2.14. The van der Waals surface area contributed by atoms with Crippen LogP contribution in [0.2, 0.25) is 0 Å². The first-order valence-corrected chi connectivity index (χ1v) is 11.8. The Balaban J connectivity index is 1.41. The van der Waals surface area contributed by atoms with E-state index < -0.39 is 5.97 Å². The lowest BCUT2D eigenvalue weighted by atomic mass is 9.99. The Morgan fingerprint density at radius 2 is 0.943 bits per heavy atom. The van der Waals surface area contributed by atoms with E-state index in [9.17, 15) is 9.59 Å². The van der Waals surface area contributed by atoms with Gasteiger partial charge >= 0.3 is 11.9 Å². The van der Waals surface area contributed by atoms with E-state index in [2.05, 4.69) is 61.7 Å². The van der Waals surface area contributed by atoms with Crippen molar-refractivity contribution in [1.82, 2.24) is 0 Å². The van der Waals surface area contributed by atoms with Gasteiger partial charge in [-0.15, -0.1) is 0 Å². The van der Waals surface area contributed by atoms with Crippen LogP contribution in [0.3, 0.4) is 0 Å². The Morgan fingerprint density at radius 3 is 1.26 bits per heavy atom. The van der Waals surface area contributed by atoms with Gasteiger partial charge in [-0.1, -0.05) is 86.0 Å². The van der Waals surface area contributed by atoms with E-state index in [1.165, 1.54) is 28.3 Å². The zero-order valence-electron chi connectivity index (χ0n) is 20.3. The number of rotatable bonds is 12. The van der Waals surface area contributed by atoms with Crippen LogP contribution in [0, 0.1) is 0 Å². The predicted molar refractivity (Wildman–Crippen MR) is 139 cm³/mol. The van der Waals surface area contributed by atoms with Gasteiger partial charge in [0.2, 0.25) is 0 Å². The summed E-state index contributed by atoms with van der Waals surface area (Å²) in [6.07, 6.45) is 5.04. The van der Waals surface area contributed by atoms with Crippen LogP contribution in [0.25, 0.3) is 0 Å². The van der Waals surface area contributed by atoms with Crippen LogP contribution in [0.1, 0.15) is 40.3 Å². The molecule has 0 bridgehead atoms. The summed E-state index contributed by atoms with van der Waals surface area (Å²) in [5.41, 5.74) is 7.48. The van der Waals surface area contributed by atoms with Crippen molar-refractivity contribution in [2.24, 2.45) is 0 Å². The first-order valence-electron chi connectivity index (χ1n) is 11.8. The predicted octanol–water partition coefficient (Wildman–Crippen LogP) is 6.11. The van der Waals surface area contributed by atoms with E-state index in [1.54, 1.807) is 6.92 Å². The molecule has 0 atom stereocenters. The highest BCUT2D eigenvalue weighted by molar-refractivity contribution is 5.86. The third-order valence-corrected chi connectivity index (χ3v) is 5.74. The van der Waals surface area contributed by atoms with Gasteiger partial charge in [-0.05, 0) is 66.0 Å². The topological polar surface area (TPSA) is 52.6 Å². The molecular formula is C31H32O4. The summed E-state index contributed by atoms with van der Waals surface area (Å²) in [4.78, 5) is 22.7. The number of aryl methyl sites for hydroxylation is 4. The molecule has 0 radical (unpaired) electrons. The number of benzene rings is 3. The zero-order valence-corrected chi connectivity index (χ0v) is 20.3. The van der Waals surface area contributed by atoms with Gasteiger partial charge in [0.05, 0.1) is 0 Å². The minimum Gasteiger partial charge on any atom is -0.458 e. The van der Waals surface area contributed by atoms with Crippen LogP contribution in [-0.4, -0.2) is 11.9 Å². The van der Waals surface area contributed by atoms with Gasteiger partial charge in [-0.2, -0.15) is 0 Å². The number of carbonyl (C=O) groups is 2. The first-order chi connectivity index (χ1) is 16.9. The maximum Gasteiger partial charge on any atom is 0.333 e. The minimum absolute atomic E-state index is 0.265. The fourth-order valence-corrected chi connectivity index (χ4v) is 3.54. The van der Waals surface area contributed by atoms with Gasteiger partial charge in [-0.25, -0.2) is 9.59 Å². The van der Waals surface area contributed by atoms with E-state index in [4.69, 9.17) is 9.47 Å². The molecule has 3 aromatic rings. The molecule has 35 heavy (non-hydrogen) atoms. The lowest BCUT2D eigenvalue weighted by Crippen LogP contribution is -2.04. The Hall–Kier alpha value is -3.92. The Bertz CT molecular complexity index is 1140. The molecule has 0 saturated carbocycles. The van der Waals surface area contributed by atoms with Crippen molar-refractivity contribution in [2.75, 3.05) is 0 Å². The average molecular weight is 469 g/mol. The second-order valence-corrected chi connectivity index (χ2v) is 8.62. The number of hydrogen-bond donors (Lipinski definition) is 0. The van der Waals surface area contributed by atoms with Crippen molar-refractivity contribution in [3.63, 3.8) is 0 Å². The second-order valence-electron chi connectivity index (χ2n) is 8.62. The van der Waals surface area contributed by atoms with Crippen LogP contribution < -0.4 is 0 Å². The van der Waals surface area contributed by atoms with Crippen LogP contribution in [0.4, 0.5) is 0 Å². The number of ether oxygens (including phenoxy) is 2. The van der Waals surface area contributed by atoms with Crippen molar-refractivity contribution in [1.29, 1.82) is 0 Å². The van der Waals surface area contributed by atoms with Gasteiger partial charge < -0.3 is 9.47 Å². The molecule has 0 aliphatic rings. The molecule has 3 aromatic carbocycles. The fourth-order valence-electron chi connectivity index (χ4n) is 3.54. The molecule has 0 aromatic heterocycles. The van der Waals surface area contributed by atoms with E-state index in [1.807, 2.05) is 24.3 Å². The van der Waals surface area contributed by atoms with E-state index >= 15 is 0 Å². The molecule has 3 rings (SSSR count). The van der Waals surface area contributed by atoms with E-state index in [-0.39, 0.29) is 19.2 Å². The quantitative estimate of drug-likeness (QED) is 0.238. The molecule has 0 amide bonds. The van der Waals surface area contributed by atoms with Crippen molar-refractivity contribution in [3.8, 4) is 0 Å². The monoisotopic (exact) mass is 468 g/mol. The van der Waals surface area contributed by atoms with Crippen LogP contribution in [0.15, 0.2) is 97.6 Å². The molecule has 0 saturated heterocycles. The van der Waals surface area contributed by atoms with E-state index in [0.717, 1.165) is 36.8 Å². The fraction of sp³-hybridized carbons (Fsp3) is 0.226. The minimum atomic E-state index is -0.408. The zero-order chi connectivity index (χ0) is 25.0. The molecule has 0 aliphatic heterocycles. The van der Waals surface area contributed by atoms with Gasteiger partial charge in [-0.3, -0.25) is 0 Å². The molecule has 4 heteroatoms. The Kier molecular flexibility index (Phi) is 9.61. The molecule has 0 unspecified atom stereocenters. The van der Waals surface area contributed by atoms with Gasteiger partial charge in [0.1, 0.15) is 13.2 Å². The summed E-state index contributed by atoms with van der Waals surface area (Å²) in [6, 6.07) is 25.2. The summed E-state index contributed by atoms with van der Waals surface area (Å²) < 4.78 is 10.2. The van der Waals surface area contributed by atoms with Crippen molar-refractivity contribution in [3.05, 3.63) is 131 Å². The third-order valence-electron chi connectivity index (χ3n) is 5.74. The molecule has 0 heterocycles. The average Bonchev–Trinajstić information content (AvgIpc) is 2.89. The SMILES string of the molecule is C=CC(=O)OCc1ccc(CCc2ccc(CCc3ccc(COC(=O)C(=C)C)cc3)cc2)cc1. The van der Waals surface area contributed by atoms with Crippen molar-refractivity contribution < 1.29 is 19.1 Å². The maximum atomic E-state index is 11.5. The van der Waals surface area contributed by atoms with Crippen molar-refractivity contribution in [2.45, 2.75) is 45.8 Å². The van der Waals surface area contributed by atoms with E-state index in [0.29, 0.717) is 5.57 Å². The van der Waals surface area contributed by atoms with Crippen LogP contribution >= 0.6 is 0 Å². The number of esters is 2. The Labute approximate surface area is 207 Å². The molecule has 0 fully saturated rings. The molecule has 180 valence electrons. The molecular weight excluding hydrogens is 436 g/mol. The smallest absolute Gasteiger partial charge is 0.333 e. The molecule has 4 nitrogen and oxygen atoms in total. The number of carbonyl (C=O) groups excluding carboxylic acids is 2. The summed E-state index contributed by atoms with van der Waals surface area (Å²) in [5, 5.41) is 0. The van der Waals surface area contributed by atoms with Crippen LogP contribution in [-0.2, 0) is 58.0 Å². The number of hydrogen-bond acceptors (Lipinski definition) is 4. The summed E-state index contributed by atoms with van der Waals surface area (Å²) in [6.45, 7) is 9.16. The van der Waals surface area contributed by atoms with Gasteiger partial charge in [0.15, 0.2) is 0 Å². The molecule has 0 spiro atoms. The largest absolute Gasteiger partial charge is 0.458 e. The molecule has 0 aliphatic carbocycles. The maximum absolute atomic E-state index is 11.5. The standard InChI is InChI=1S/C31H32O4/c1-4-30(32)34-21-28-17-13-26(14-18-28)11-9-24-5-7-25(8-6-24)10-12-27-15-19-29(20-16-27)22-35-31(33)23(2)3/h4-8,13-20H,1-2,9-12,21-22H2,3H3. The summed E-state index contributed by atoms with van der Waals surface area (Å²) in [5.74, 6) is -0.770. The van der Waals surface area contributed by atoms with Gasteiger partial charge in [0.25, 0.3) is 0 Å². The second kappa shape index (κ2) is 13.1. The normalized spacial score (nSPS) is 10.4. The lowest BCUT2D eigenvalue weighted by molar-refractivity contribution is -0.140.